The predicted octanol–water partition coefficient (Wildman–Crippen LogP) is 4.48. The molecule has 0 heterocycles. The predicted molar refractivity (Wildman–Crippen MR) is 130 cm³/mol. The molecule has 7 nitrogen and oxygen atoms in total. The van der Waals surface area contributed by atoms with Gasteiger partial charge in [-0.2, -0.15) is 0 Å². The highest BCUT2D eigenvalue weighted by Crippen LogP contribution is 2.44. The number of hydrogen-bond donors (Lipinski definition) is 3. The molecule has 0 bridgehead atoms. The number of carbonyl (C=O) groups excluding carboxylic acids is 2. The van der Waals surface area contributed by atoms with E-state index in [1.807, 2.05) is 50.2 Å². The summed E-state index contributed by atoms with van der Waals surface area (Å²) in [6.07, 6.45) is 1.62. The van der Waals surface area contributed by atoms with Crippen molar-refractivity contribution in [1.29, 1.82) is 0 Å². The molecule has 0 radical (unpaired) electrons. The van der Waals surface area contributed by atoms with E-state index >= 15 is 0 Å². The SMILES string of the molecule is C=CCCC(NC(=O)OCC1c2ccccc2-c2ccccc21)C(=O)N[C@@H](CC(=O)O)C(C)C. The molecule has 34 heavy (non-hydrogen) atoms. The molecular weight excluding hydrogens is 432 g/mol. The summed E-state index contributed by atoms with van der Waals surface area (Å²) < 4.78 is 5.57. The summed E-state index contributed by atoms with van der Waals surface area (Å²) in [7, 11) is 0. The van der Waals surface area contributed by atoms with Crippen molar-refractivity contribution in [2.45, 2.75) is 51.1 Å². The Bertz CT molecular complexity index is 1000. The number of allylic oxidation sites excluding steroid dienone is 1. The van der Waals surface area contributed by atoms with E-state index in [-0.39, 0.29) is 24.9 Å². The largest absolute Gasteiger partial charge is 0.481 e. The monoisotopic (exact) mass is 464 g/mol. The highest BCUT2D eigenvalue weighted by Gasteiger charge is 2.30. The summed E-state index contributed by atoms with van der Waals surface area (Å²) in [6.45, 7) is 7.50. The average molecular weight is 465 g/mol. The van der Waals surface area contributed by atoms with Crippen molar-refractivity contribution in [3.05, 3.63) is 72.3 Å². The van der Waals surface area contributed by atoms with Crippen LogP contribution < -0.4 is 10.6 Å². The van der Waals surface area contributed by atoms with Crippen molar-refractivity contribution in [3.63, 3.8) is 0 Å². The van der Waals surface area contributed by atoms with E-state index in [1.165, 1.54) is 0 Å². The first kappa shape index (κ1) is 25.0. The molecule has 0 spiro atoms. The number of fused-ring (bicyclic) bond motifs is 3. The zero-order chi connectivity index (χ0) is 24.7. The van der Waals surface area contributed by atoms with E-state index in [2.05, 4.69) is 29.3 Å². The maximum atomic E-state index is 12.9. The lowest BCUT2D eigenvalue weighted by Crippen LogP contribution is -2.51. The molecule has 0 aliphatic heterocycles. The second-order valence-corrected chi connectivity index (χ2v) is 8.85. The molecule has 0 fully saturated rings. The van der Waals surface area contributed by atoms with Gasteiger partial charge in [-0.25, -0.2) is 4.79 Å². The van der Waals surface area contributed by atoms with Crippen LogP contribution in [0.4, 0.5) is 4.79 Å². The van der Waals surface area contributed by atoms with Crippen LogP contribution in [0.3, 0.4) is 0 Å². The fraction of sp³-hybridized carbons (Fsp3) is 0.370. The Hall–Kier alpha value is -3.61. The number of hydrogen-bond acceptors (Lipinski definition) is 4. The van der Waals surface area contributed by atoms with Gasteiger partial charge in [-0.3, -0.25) is 9.59 Å². The highest BCUT2D eigenvalue weighted by molar-refractivity contribution is 5.86. The summed E-state index contributed by atoms with van der Waals surface area (Å²) in [5, 5.41) is 14.5. The molecule has 0 saturated carbocycles. The molecule has 7 heteroatoms. The molecule has 2 atom stereocenters. The first-order valence-corrected chi connectivity index (χ1v) is 11.6. The van der Waals surface area contributed by atoms with Gasteiger partial charge in [-0.1, -0.05) is 68.5 Å². The van der Waals surface area contributed by atoms with Crippen molar-refractivity contribution in [1.82, 2.24) is 10.6 Å². The molecule has 2 amide bonds. The van der Waals surface area contributed by atoms with Gasteiger partial charge in [0.1, 0.15) is 12.6 Å². The maximum Gasteiger partial charge on any atom is 0.407 e. The van der Waals surface area contributed by atoms with Crippen LogP contribution in [0.1, 0.15) is 50.2 Å². The van der Waals surface area contributed by atoms with Gasteiger partial charge in [0, 0.05) is 12.0 Å². The van der Waals surface area contributed by atoms with E-state index in [9.17, 15) is 14.4 Å². The molecule has 3 rings (SSSR count). The molecule has 180 valence electrons. The van der Waals surface area contributed by atoms with Gasteiger partial charge in [0.2, 0.25) is 5.91 Å². The molecule has 2 aromatic carbocycles. The number of alkyl carbamates (subject to hydrolysis) is 1. The Labute approximate surface area is 200 Å². The van der Waals surface area contributed by atoms with Crippen molar-refractivity contribution in [3.8, 4) is 11.1 Å². The summed E-state index contributed by atoms with van der Waals surface area (Å²) >= 11 is 0. The topological polar surface area (TPSA) is 105 Å². The van der Waals surface area contributed by atoms with Crippen LogP contribution in [0.2, 0.25) is 0 Å². The van der Waals surface area contributed by atoms with Crippen LogP contribution in [-0.2, 0) is 14.3 Å². The second-order valence-electron chi connectivity index (χ2n) is 8.85. The summed E-state index contributed by atoms with van der Waals surface area (Å²) in [6, 6.07) is 14.7. The lowest BCUT2D eigenvalue weighted by atomic mass is 9.98. The third-order valence-corrected chi connectivity index (χ3v) is 6.14. The number of carboxylic acids is 1. The third kappa shape index (κ3) is 6.04. The second kappa shape index (κ2) is 11.5. The molecule has 0 saturated heterocycles. The maximum absolute atomic E-state index is 12.9. The smallest absolute Gasteiger partial charge is 0.407 e. The van der Waals surface area contributed by atoms with E-state index < -0.39 is 30.1 Å². The van der Waals surface area contributed by atoms with Gasteiger partial charge < -0.3 is 20.5 Å². The molecule has 1 aliphatic carbocycles. The van der Waals surface area contributed by atoms with E-state index in [0.717, 1.165) is 22.3 Å². The number of ether oxygens (including phenoxy) is 1. The lowest BCUT2D eigenvalue weighted by Gasteiger charge is -2.25. The van der Waals surface area contributed by atoms with E-state index in [4.69, 9.17) is 9.84 Å². The van der Waals surface area contributed by atoms with Crippen molar-refractivity contribution < 1.29 is 24.2 Å². The normalized spacial score (nSPS) is 14.0. The first-order chi connectivity index (χ1) is 16.3. The lowest BCUT2D eigenvalue weighted by molar-refractivity contribution is -0.138. The van der Waals surface area contributed by atoms with Gasteiger partial charge in [0.25, 0.3) is 0 Å². The third-order valence-electron chi connectivity index (χ3n) is 6.14. The Morgan fingerprint density at radius 2 is 1.62 bits per heavy atom. The Kier molecular flexibility index (Phi) is 8.46. The van der Waals surface area contributed by atoms with Crippen molar-refractivity contribution >= 4 is 18.0 Å². The Morgan fingerprint density at radius 1 is 1.03 bits per heavy atom. The average Bonchev–Trinajstić information content (AvgIpc) is 3.13. The Balaban J connectivity index is 1.65. The van der Waals surface area contributed by atoms with Crippen LogP contribution in [0.15, 0.2) is 61.2 Å². The van der Waals surface area contributed by atoms with Crippen molar-refractivity contribution in [2.75, 3.05) is 6.61 Å². The first-order valence-electron chi connectivity index (χ1n) is 11.6. The van der Waals surface area contributed by atoms with Crippen LogP contribution in [0, 0.1) is 5.92 Å². The summed E-state index contributed by atoms with van der Waals surface area (Å²) in [4.78, 5) is 36.7. The number of nitrogens with one attached hydrogen (secondary N) is 2. The number of rotatable bonds is 11. The van der Waals surface area contributed by atoms with Crippen LogP contribution in [0.25, 0.3) is 11.1 Å². The number of benzene rings is 2. The van der Waals surface area contributed by atoms with E-state index in [0.29, 0.717) is 12.8 Å². The zero-order valence-electron chi connectivity index (χ0n) is 19.6. The number of aliphatic carboxylic acids is 1. The minimum Gasteiger partial charge on any atom is -0.481 e. The summed E-state index contributed by atoms with van der Waals surface area (Å²) in [5.74, 6) is -1.59. The van der Waals surface area contributed by atoms with Gasteiger partial charge in [-0.15, -0.1) is 6.58 Å². The van der Waals surface area contributed by atoms with Crippen molar-refractivity contribution in [2.24, 2.45) is 5.92 Å². The van der Waals surface area contributed by atoms with Gasteiger partial charge >= 0.3 is 12.1 Å². The van der Waals surface area contributed by atoms with Gasteiger partial charge in [0.15, 0.2) is 0 Å². The molecular formula is C27H32N2O5. The molecule has 2 aromatic rings. The van der Waals surface area contributed by atoms with Gasteiger partial charge in [-0.05, 0) is 41.0 Å². The standard InChI is InChI=1S/C27H32N2O5/c1-4-5-14-23(26(32)28-24(17(2)3)15-25(30)31)29-27(33)34-16-22-20-12-8-6-10-18(20)19-11-7-9-13-21(19)22/h4,6-13,17,22-24H,1,5,14-16H2,2-3H3,(H,28,32)(H,29,33)(H,30,31)/t23?,24-/m0/s1. The molecule has 1 unspecified atom stereocenters. The highest BCUT2D eigenvalue weighted by atomic mass is 16.5. The van der Waals surface area contributed by atoms with Crippen LogP contribution in [-0.4, -0.2) is 41.8 Å². The van der Waals surface area contributed by atoms with Crippen LogP contribution in [0.5, 0.6) is 0 Å². The molecule has 0 aromatic heterocycles. The number of carboxylic acid groups (broad SMARTS) is 1. The van der Waals surface area contributed by atoms with Gasteiger partial charge in [0.05, 0.1) is 6.42 Å². The molecule has 3 N–H and O–H groups in total. The van der Waals surface area contributed by atoms with Crippen LogP contribution >= 0.6 is 0 Å². The zero-order valence-corrected chi connectivity index (χ0v) is 19.6. The Morgan fingerprint density at radius 3 is 2.15 bits per heavy atom. The fourth-order valence-electron chi connectivity index (χ4n) is 4.26. The molecule has 1 aliphatic rings. The summed E-state index contributed by atoms with van der Waals surface area (Å²) in [5.41, 5.74) is 4.47. The number of amides is 2. The minimum absolute atomic E-state index is 0.0745. The van der Waals surface area contributed by atoms with E-state index in [1.54, 1.807) is 6.08 Å². The quantitative estimate of drug-likeness (QED) is 0.426. The number of carbonyl (C=O) groups is 3. The fourth-order valence-corrected chi connectivity index (χ4v) is 4.26. The minimum atomic E-state index is -0.994.